The summed E-state index contributed by atoms with van der Waals surface area (Å²) < 4.78 is 59.5. The van der Waals surface area contributed by atoms with Gasteiger partial charge in [-0.3, -0.25) is 0 Å². The van der Waals surface area contributed by atoms with Crippen molar-refractivity contribution in [2.24, 2.45) is 0 Å². The van der Waals surface area contributed by atoms with Crippen molar-refractivity contribution in [2.45, 2.75) is 124 Å². The van der Waals surface area contributed by atoms with Gasteiger partial charge in [-0.05, 0) is 92.4 Å². The van der Waals surface area contributed by atoms with Gasteiger partial charge in [-0.1, -0.05) is 95.2 Å². The molecule has 4 aromatic rings. The first-order valence-corrected chi connectivity index (χ1v) is 19.6. The van der Waals surface area contributed by atoms with Gasteiger partial charge in [0.15, 0.2) is 0 Å². The van der Waals surface area contributed by atoms with E-state index in [-0.39, 0.29) is 41.2 Å². The number of nitrogens with zero attached hydrogens (tertiary/aromatic N) is 2. The molecular formula is C40H46N2O4S2. The van der Waals surface area contributed by atoms with Gasteiger partial charge in [0.1, 0.15) is 0 Å². The number of hydrogen-bond acceptors (Lipinski definition) is 6. The molecule has 0 radical (unpaired) electrons. The second kappa shape index (κ2) is 9.54. The Morgan fingerprint density at radius 1 is 0.375 bits per heavy atom. The van der Waals surface area contributed by atoms with Crippen molar-refractivity contribution in [1.82, 2.24) is 0 Å². The average molecular weight is 683 g/mol. The summed E-state index contributed by atoms with van der Waals surface area (Å²) in [5.74, 6) is 0. The van der Waals surface area contributed by atoms with Crippen LogP contribution in [0.2, 0.25) is 0 Å². The molecule has 4 aromatic carbocycles. The molecule has 0 N–H and O–H groups in total. The molecule has 0 saturated carbocycles. The monoisotopic (exact) mass is 682 g/mol. The van der Waals surface area contributed by atoms with Crippen LogP contribution in [0.4, 0.5) is 34.1 Å². The normalized spacial score (nSPS) is 17.3. The van der Waals surface area contributed by atoms with Crippen LogP contribution in [-0.4, -0.2) is 16.8 Å². The third-order valence-corrected chi connectivity index (χ3v) is 13.7. The molecule has 0 aliphatic carbocycles. The lowest BCUT2D eigenvalue weighted by Gasteiger charge is -2.47. The smallest absolute Gasteiger partial charge is 0.210 e. The van der Waals surface area contributed by atoms with E-state index in [0.717, 1.165) is 22.3 Å². The van der Waals surface area contributed by atoms with E-state index in [9.17, 15) is 16.8 Å². The summed E-state index contributed by atoms with van der Waals surface area (Å²) in [7, 11) is -7.95. The van der Waals surface area contributed by atoms with Crippen LogP contribution in [0.3, 0.4) is 0 Å². The molecule has 0 aromatic heterocycles. The lowest BCUT2D eigenvalue weighted by atomic mass is 9.84. The Bertz CT molecular complexity index is 2140. The molecule has 8 heteroatoms. The molecule has 0 atom stereocenters. The zero-order valence-corrected chi connectivity index (χ0v) is 31.8. The van der Waals surface area contributed by atoms with Crippen LogP contribution in [0, 0.1) is 0 Å². The lowest BCUT2D eigenvalue weighted by Crippen LogP contribution is -2.34. The van der Waals surface area contributed by atoms with Crippen molar-refractivity contribution in [3.8, 4) is 0 Å². The summed E-state index contributed by atoms with van der Waals surface area (Å²) in [4.78, 5) is 4.95. The van der Waals surface area contributed by atoms with Gasteiger partial charge in [-0.25, -0.2) is 16.8 Å². The second-order valence-corrected chi connectivity index (χ2v) is 21.5. The average Bonchev–Trinajstić information content (AvgIpc) is 2.95. The van der Waals surface area contributed by atoms with Crippen LogP contribution >= 0.6 is 0 Å². The molecule has 7 rings (SSSR count). The van der Waals surface area contributed by atoms with Crippen molar-refractivity contribution in [3.63, 3.8) is 0 Å². The Balaban J connectivity index is 1.70. The predicted molar refractivity (Wildman–Crippen MR) is 195 cm³/mol. The third-order valence-electron chi connectivity index (χ3n) is 10.1. The van der Waals surface area contributed by atoms with Crippen LogP contribution in [0.5, 0.6) is 0 Å². The van der Waals surface area contributed by atoms with Gasteiger partial charge in [-0.2, -0.15) is 0 Å². The number of rotatable bonds is 0. The molecule has 6 nitrogen and oxygen atoms in total. The molecule has 3 aliphatic heterocycles. The topological polar surface area (TPSA) is 74.8 Å². The SMILES string of the molecule is CC(C)(C)c1ccc2c(c1)S(=O)(=O)c1cc(C(C)(C)C)cc3c1N2c1cc(C(C)(C)C)cc2c1N3c1ccc(C(C)(C)C)cc1S2(=O)=O. The van der Waals surface area contributed by atoms with Crippen molar-refractivity contribution >= 4 is 53.8 Å². The molecule has 0 saturated heterocycles. The molecule has 0 unspecified atom stereocenters. The van der Waals surface area contributed by atoms with E-state index in [2.05, 4.69) is 95.2 Å². The fourth-order valence-corrected chi connectivity index (χ4v) is 10.4. The Morgan fingerprint density at radius 2 is 0.667 bits per heavy atom. The van der Waals surface area contributed by atoms with Crippen LogP contribution < -0.4 is 9.80 Å². The Morgan fingerprint density at radius 3 is 0.958 bits per heavy atom. The maximum atomic E-state index is 14.9. The van der Waals surface area contributed by atoms with E-state index >= 15 is 0 Å². The maximum Gasteiger partial charge on any atom is 0.210 e. The van der Waals surface area contributed by atoms with E-state index in [1.54, 1.807) is 0 Å². The van der Waals surface area contributed by atoms with E-state index in [1.807, 2.05) is 58.3 Å². The molecular weight excluding hydrogens is 637 g/mol. The quantitative estimate of drug-likeness (QED) is 0.158. The number of fused-ring (bicyclic) bond motifs is 6. The van der Waals surface area contributed by atoms with Crippen molar-refractivity contribution in [1.29, 1.82) is 0 Å². The van der Waals surface area contributed by atoms with Gasteiger partial charge >= 0.3 is 0 Å². The largest absolute Gasteiger partial charge is 0.304 e. The van der Waals surface area contributed by atoms with Crippen molar-refractivity contribution < 1.29 is 16.8 Å². The minimum absolute atomic E-state index is 0.233. The number of hydrogen-bond donors (Lipinski definition) is 0. The molecule has 0 spiro atoms. The molecule has 0 fully saturated rings. The van der Waals surface area contributed by atoms with Crippen LogP contribution in [0.1, 0.15) is 105 Å². The Labute approximate surface area is 286 Å². The van der Waals surface area contributed by atoms with E-state index in [1.165, 1.54) is 0 Å². The Kier molecular flexibility index (Phi) is 6.54. The van der Waals surface area contributed by atoms with Gasteiger partial charge < -0.3 is 9.80 Å². The zero-order chi connectivity index (χ0) is 35.3. The van der Waals surface area contributed by atoms with Crippen LogP contribution in [0.15, 0.2) is 80.2 Å². The molecule has 0 bridgehead atoms. The first kappa shape index (κ1) is 32.9. The highest BCUT2D eigenvalue weighted by molar-refractivity contribution is 7.92. The van der Waals surface area contributed by atoms with Crippen molar-refractivity contribution in [2.75, 3.05) is 9.80 Å². The lowest BCUT2D eigenvalue weighted by molar-refractivity contribution is 0.575. The summed E-state index contributed by atoms with van der Waals surface area (Å²) in [5.41, 5.74) is 5.66. The number of sulfone groups is 2. The first-order valence-electron chi connectivity index (χ1n) is 16.6. The highest BCUT2D eigenvalue weighted by Gasteiger charge is 2.48. The van der Waals surface area contributed by atoms with Crippen LogP contribution in [0.25, 0.3) is 0 Å². The zero-order valence-electron chi connectivity index (χ0n) is 30.1. The van der Waals surface area contributed by atoms with Gasteiger partial charge in [0.2, 0.25) is 19.7 Å². The van der Waals surface area contributed by atoms with Gasteiger partial charge in [0, 0.05) is 0 Å². The standard InChI is InChI=1S/C40H46N2O4S2/c1-37(2,3)23-13-15-27-31(19-23)47(43,44)33-21-25(39(7,8)9)18-30-35(33)41(27)29-17-26(40(10,11)12)22-34-36(29)42(30)28-16-14-24(38(4,5)6)20-32(28)48(34,45)46/h13-22H,1-12H3. The molecule has 3 aliphatic rings. The van der Waals surface area contributed by atoms with Gasteiger partial charge in [0.25, 0.3) is 0 Å². The molecule has 3 heterocycles. The second-order valence-electron chi connectivity index (χ2n) is 17.7. The van der Waals surface area contributed by atoms with Gasteiger partial charge in [-0.15, -0.1) is 0 Å². The summed E-state index contributed by atoms with van der Waals surface area (Å²) >= 11 is 0. The van der Waals surface area contributed by atoms with E-state index in [4.69, 9.17) is 0 Å². The summed E-state index contributed by atoms with van der Waals surface area (Å²) in [6, 6.07) is 19.2. The number of anilines is 6. The fraction of sp³-hybridized carbons (Fsp3) is 0.400. The highest BCUT2D eigenvalue weighted by Crippen LogP contribution is 2.65. The minimum Gasteiger partial charge on any atom is -0.304 e. The maximum absolute atomic E-state index is 14.9. The third kappa shape index (κ3) is 4.54. The predicted octanol–water partition coefficient (Wildman–Crippen LogP) is 10.4. The molecule has 252 valence electrons. The van der Waals surface area contributed by atoms with Gasteiger partial charge in [0.05, 0.1) is 53.7 Å². The Hall–Kier alpha value is -3.62. The summed E-state index contributed by atoms with van der Waals surface area (Å²) in [6.07, 6.45) is 0. The van der Waals surface area contributed by atoms with Crippen molar-refractivity contribution in [3.05, 3.63) is 82.9 Å². The minimum atomic E-state index is -3.98. The van der Waals surface area contributed by atoms with E-state index in [0.29, 0.717) is 34.1 Å². The number of benzene rings is 4. The first-order chi connectivity index (χ1) is 21.8. The van der Waals surface area contributed by atoms with E-state index < -0.39 is 19.7 Å². The molecule has 48 heavy (non-hydrogen) atoms. The summed E-state index contributed by atoms with van der Waals surface area (Å²) in [6.45, 7) is 24.9. The molecule has 0 amide bonds. The van der Waals surface area contributed by atoms with Crippen LogP contribution in [-0.2, 0) is 41.3 Å². The highest BCUT2D eigenvalue weighted by atomic mass is 32.2. The summed E-state index contributed by atoms with van der Waals surface area (Å²) in [5, 5.41) is 0. The fourth-order valence-electron chi connectivity index (χ4n) is 6.99.